The van der Waals surface area contributed by atoms with Crippen molar-refractivity contribution in [2.45, 2.75) is 51.4 Å². The molecule has 0 radical (unpaired) electrons. The molecule has 2 aliphatic rings. The van der Waals surface area contributed by atoms with E-state index in [9.17, 15) is 4.79 Å². The molecular formula is C21H27N7O2. The Morgan fingerprint density at radius 1 is 1.23 bits per heavy atom. The first-order valence-corrected chi connectivity index (χ1v) is 10.6. The van der Waals surface area contributed by atoms with Crippen molar-refractivity contribution in [3.63, 3.8) is 0 Å². The monoisotopic (exact) mass is 409 g/mol. The van der Waals surface area contributed by atoms with Gasteiger partial charge in [0, 0.05) is 42.1 Å². The zero-order valence-corrected chi connectivity index (χ0v) is 17.6. The number of ether oxygens (including phenoxy) is 1. The minimum atomic E-state index is -0.0643. The van der Waals surface area contributed by atoms with E-state index < -0.39 is 0 Å². The Morgan fingerprint density at radius 3 is 2.80 bits per heavy atom. The summed E-state index contributed by atoms with van der Waals surface area (Å²) >= 11 is 0. The number of H-pyrrole nitrogens is 1. The molecule has 1 atom stereocenters. The highest BCUT2D eigenvalue weighted by Crippen LogP contribution is 2.38. The van der Waals surface area contributed by atoms with Crippen LogP contribution in [0, 0.1) is 5.92 Å². The SMILES string of the molecule is CC(C)(C)c1cc(C(=O)N2CCC(COc3ccc4nnc(C5CC5)n4n3)C2)n[nH]1. The van der Waals surface area contributed by atoms with Gasteiger partial charge in [0.2, 0.25) is 5.88 Å². The largest absolute Gasteiger partial charge is 0.476 e. The highest BCUT2D eigenvalue weighted by Gasteiger charge is 2.31. The van der Waals surface area contributed by atoms with E-state index in [1.54, 1.807) is 4.52 Å². The van der Waals surface area contributed by atoms with Crippen molar-refractivity contribution in [2.75, 3.05) is 19.7 Å². The maximum Gasteiger partial charge on any atom is 0.274 e. The van der Waals surface area contributed by atoms with Crippen LogP contribution in [0.15, 0.2) is 18.2 Å². The number of hydrogen-bond donors (Lipinski definition) is 1. The fourth-order valence-corrected chi connectivity index (χ4v) is 3.80. The number of nitrogens with zero attached hydrogens (tertiary/aromatic N) is 6. The molecule has 0 aromatic carbocycles. The van der Waals surface area contributed by atoms with Gasteiger partial charge in [-0.3, -0.25) is 9.89 Å². The molecule has 1 saturated heterocycles. The third-order valence-electron chi connectivity index (χ3n) is 5.85. The van der Waals surface area contributed by atoms with Gasteiger partial charge in [-0.2, -0.15) is 9.61 Å². The van der Waals surface area contributed by atoms with Crippen molar-refractivity contribution in [2.24, 2.45) is 5.92 Å². The van der Waals surface area contributed by atoms with Gasteiger partial charge in [-0.15, -0.1) is 15.3 Å². The Balaban J connectivity index is 1.19. The Morgan fingerprint density at radius 2 is 2.07 bits per heavy atom. The van der Waals surface area contributed by atoms with Gasteiger partial charge in [0.1, 0.15) is 5.69 Å². The number of rotatable bonds is 5. The van der Waals surface area contributed by atoms with Gasteiger partial charge < -0.3 is 9.64 Å². The van der Waals surface area contributed by atoms with Crippen molar-refractivity contribution in [3.8, 4) is 5.88 Å². The second-order valence-corrected chi connectivity index (χ2v) is 9.41. The van der Waals surface area contributed by atoms with Gasteiger partial charge in [0.15, 0.2) is 11.5 Å². The van der Waals surface area contributed by atoms with Crippen molar-refractivity contribution < 1.29 is 9.53 Å². The van der Waals surface area contributed by atoms with Crippen LogP contribution in [-0.2, 0) is 5.41 Å². The molecule has 1 aliphatic heterocycles. The van der Waals surface area contributed by atoms with Crippen LogP contribution in [-0.4, -0.2) is 60.5 Å². The molecule has 0 bridgehead atoms. The fourth-order valence-electron chi connectivity index (χ4n) is 3.80. The van der Waals surface area contributed by atoms with E-state index in [2.05, 4.69) is 46.3 Å². The van der Waals surface area contributed by atoms with Crippen LogP contribution in [0.2, 0.25) is 0 Å². The number of carbonyl (C=O) groups excluding carboxylic acids is 1. The normalized spacial score (nSPS) is 19.6. The zero-order valence-electron chi connectivity index (χ0n) is 17.6. The topological polar surface area (TPSA) is 101 Å². The van der Waals surface area contributed by atoms with E-state index in [-0.39, 0.29) is 17.2 Å². The third-order valence-corrected chi connectivity index (χ3v) is 5.85. The minimum absolute atomic E-state index is 0.0256. The van der Waals surface area contributed by atoms with Crippen molar-refractivity contribution in [1.82, 2.24) is 34.9 Å². The lowest BCUT2D eigenvalue weighted by atomic mass is 9.92. The van der Waals surface area contributed by atoms with E-state index >= 15 is 0 Å². The van der Waals surface area contributed by atoms with Crippen LogP contribution in [0.4, 0.5) is 0 Å². The van der Waals surface area contributed by atoms with Crippen molar-refractivity contribution >= 4 is 11.6 Å². The lowest BCUT2D eigenvalue weighted by Crippen LogP contribution is -2.29. The molecule has 1 saturated carbocycles. The van der Waals surface area contributed by atoms with Gasteiger partial charge in [-0.1, -0.05) is 20.8 Å². The summed E-state index contributed by atoms with van der Waals surface area (Å²) in [4.78, 5) is 14.7. The van der Waals surface area contributed by atoms with E-state index in [4.69, 9.17) is 4.74 Å². The van der Waals surface area contributed by atoms with Gasteiger partial charge >= 0.3 is 0 Å². The molecule has 1 unspecified atom stereocenters. The number of aromatic nitrogens is 6. The molecule has 5 rings (SSSR count). The summed E-state index contributed by atoms with van der Waals surface area (Å²) in [6.07, 6.45) is 3.20. The van der Waals surface area contributed by atoms with Crippen LogP contribution in [0.3, 0.4) is 0 Å². The van der Waals surface area contributed by atoms with Crippen molar-refractivity contribution in [3.05, 3.63) is 35.4 Å². The summed E-state index contributed by atoms with van der Waals surface area (Å²) in [6.45, 7) is 8.19. The van der Waals surface area contributed by atoms with E-state index in [1.807, 2.05) is 23.1 Å². The van der Waals surface area contributed by atoms with E-state index in [0.717, 1.165) is 36.4 Å². The van der Waals surface area contributed by atoms with E-state index in [0.29, 0.717) is 37.2 Å². The minimum Gasteiger partial charge on any atom is -0.476 e. The highest BCUT2D eigenvalue weighted by atomic mass is 16.5. The van der Waals surface area contributed by atoms with Gasteiger partial charge in [-0.25, -0.2) is 0 Å². The molecule has 1 aliphatic carbocycles. The number of nitrogens with one attached hydrogen (secondary N) is 1. The molecule has 0 spiro atoms. The quantitative estimate of drug-likeness (QED) is 0.695. The molecule has 30 heavy (non-hydrogen) atoms. The lowest BCUT2D eigenvalue weighted by Gasteiger charge is -2.16. The lowest BCUT2D eigenvalue weighted by molar-refractivity contribution is 0.0777. The first kappa shape index (κ1) is 19.0. The number of carbonyl (C=O) groups is 1. The van der Waals surface area contributed by atoms with Crippen LogP contribution in [0.1, 0.15) is 68.0 Å². The van der Waals surface area contributed by atoms with Crippen LogP contribution in [0.5, 0.6) is 5.88 Å². The van der Waals surface area contributed by atoms with Gasteiger partial charge in [-0.05, 0) is 31.4 Å². The predicted molar refractivity (Wildman–Crippen MR) is 110 cm³/mol. The molecule has 9 nitrogen and oxygen atoms in total. The predicted octanol–water partition coefficient (Wildman–Crippen LogP) is 2.56. The molecule has 1 N–H and O–H groups in total. The van der Waals surface area contributed by atoms with Crippen LogP contribution < -0.4 is 4.74 Å². The molecule has 1 amide bonds. The second kappa shape index (κ2) is 7.07. The zero-order chi connectivity index (χ0) is 20.9. The van der Waals surface area contributed by atoms with Gasteiger partial charge in [0.05, 0.1) is 6.61 Å². The molecule has 4 heterocycles. The maximum atomic E-state index is 12.8. The number of amides is 1. The summed E-state index contributed by atoms with van der Waals surface area (Å²) in [7, 11) is 0. The molecule has 158 valence electrons. The number of fused-ring (bicyclic) bond motifs is 1. The summed E-state index contributed by atoms with van der Waals surface area (Å²) < 4.78 is 7.75. The smallest absolute Gasteiger partial charge is 0.274 e. The summed E-state index contributed by atoms with van der Waals surface area (Å²) in [5.41, 5.74) is 2.13. The van der Waals surface area contributed by atoms with E-state index in [1.165, 1.54) is 0 Å². The molecule has 3 aromatic heterocycles. The number of likely N-dealkylation sites (tertiary alicyclic amines) is 1. The summed E-state index contributed by atoms with van der Waals surface area (Å²) in [5, 5.41) is 20.2. The molecule has 3 aromatic rings. The van der Waals surface area contributed by atoms with Crippen LogP contribution >= 0.6 is 0 Å². The summed E-state index contributed by atoms with van der Waals surface area (Å²) in [5.74, 6) is 2.20. The Labute approximate surface area is 174 Å². The van der Waals surface area contributed by atoms with Crippen molar-refractivity contribution in [1.29, 1.82) is 0 Å². The van der Waals surface area contributed by atoms with Gasteiger partial charge in [0.25, 0.3) is 5.91 Å². The maximum absolute atomic E-state index is 12.8. The Kier molecular flexibility index (Phi) is 4.48. The molecule has 2 fully saturated rings. The first-order valence-electron chi connectivity index (χ1n) is 10.6. The molecule has 9 heteroatoms. The fraction of sp³-hybridized carbons (Fsp3) is 0.571. The third kappa shape index (κ3) is 3.64. The number of hydrogen-bond acceptors (Lipinski definition) is 6. The average Bonchev–Trinajstić information content (AvgIpc) is 3.15. The molecular weight excluding hydrogens is 382 g/mol. The average molecular weight is 409 g/mol. The Hall–Kier alpha value is -2.97. The second-order valence-electron chi connectivity index (χ2n) is 9.41. The first-order chi connectivity index (χ1) is 14.4. The highest BCUT2D eigenvalue weighted by molar-refractivity contribution is 5.92. The summed E-state index contributed by atoms with van der Waals surface area (Å²) in [6, 6.07) is 5.58. The Bertz CT molecular complexity index is 1080. The standard InChI is InChI=1S/C21H27N7O2/c1-21(2,3)16-10-15(22-23-16)20(29)27-9-8-13(11-27)12-30-18-7-6-17-24-25-19(14-4-5-14)28(17)26-18/h6-7,10,13-14H,4-5,8-9,11-12H2,1-3H3,(H,22,23). The van der Waals surface area contributed by atoms with Crippen LogP contribution in [0.25, 0.3) is 5.65 Å². The number of aromatic amines is 1.